The van der Waals surface area contributed by atoms with E-state index in [1.807, 2.05) is 6.92 Å². The molecule has 2 aromatic rings. The standard InChI is InChI=1S/C19H26N6O3/c1-4-25-19(28)15-8-6-5-7-14(15)16(22-25)18(27)21-20-17(26)13(2)24-11-9-23(3)10-12-24/h5-8,13H,4,9-12H2,1-3H3,(H,20,26)(H,21,27). The smallest absolute Gasteiger partial charge is 0.290 e. The lowest BCUT2D eigenvalue weighted by Crippen LogP contribution is -2.55. The molecule has 2 amide bonds. The number of amides is 2. The fraction of sp³-hybridized carbons (Fsp3) is 0.474. The van der Waals surface area contributed by atoms with E-state index in [0.717, 1.165) is 26.2 Å². The first kappa shape index (κ1) is 20.0. The van der Waals surface area contributed by atoms with E-state index in [4.69, 9.17) is 0 Å². The van der Waals surface area contributed by atoms with Gasteiger partial charge < -0.3 is 4.90 Å². The molecule has 0 radical (unpaired) electrons. The van der Waals surface area contributed by atoms with Gasteiger partial charge in [-0.25, -0.2) is 4.68 Å². The maximum atomic E-state index is 12.7. The number of hydrazine groups is 1. The van der Waals surface area contributed by atoms with Crippen LogP contribution in [0.3, 0.4) is 0 Å². The first-order chi connectivity index (χ1) is 13.4. The lowest BCUT2D eigenvalue weighted by atomic mass is 10.1. The van der Waals surface area contributed by atoms with Gasteiger partial charge in [0.05, 0.1) is 11.4 Å². The highest BCUT2D eigenvalue weighted by Gasteiger charge is 2.25. The summed E-state index contributed by atoms with van der Waals surface area (Å²) in [6, 6.07) is 6.46. The van der Waals surface area contributed by atoms with E-state index < -0.39 is 5.91 Å². The highest BCUT2D eigenvalue weighted by molar-refractivity contribution is 6.05. The molecule has 2 heterocycles. The van der Waals surface area contributed by atoms with Crippen molar-refractivity contribution in [1.82, 2.24) is 30.4 Å². The lowest BCUT2D eigenvalue weighted by Gasteiger charge is -2.35. The molecule has 0 aliphatic carbocycles. The Morgan fingerprint density at radius 2 is 1.75 bits per heavy atom. The number of piperazine rings is 1. The Kier molecular flexibility index (Phi) is 6.05. The van der Waals surface area contributed by atoms with Crippen LogP contribution in [0.2, 0.25) is 0 Å². The van der Waals surface area contributed by atoms with Crippen LogP contribution in [-0.4, -0.2) is 70.7 Å². The molecule has 150 valence electrons. The zero-order chi connectivity index (χ0) is 20.3. The van der Waals surface area contributed by atoms with Gasteiger partial charge in [0.15, 0.2) is 5.69 Å². The predicted molar refractivity (Wildman–Crippen MR) is 106 cm³/mol. The second-order valence-corrected chi connectivity index (χ2v) is 6.97. The zero-order valence-electron chi connectivity index (χ0n) is 16.4. The molecule has 1 fully saturated rings. The van der Waals surface area contributed by atoms with Crippen molar-refractivity contribution in [2.24, 2.45) is 0 Å². The number of nitrogens with zero attached hydrogens (tertiary/aromatic N) is 4. The van der Waals surface area contributed by atoms with Crippen molar-refractivity contribution in [3.63, 3.8) is 0 Å². The predicted octanol–water partition coefficient (Wildman–Crippen LogP) is -0.187. The van der Waals surface area contributed by atoms with Crippen molar-refractivity contribution < 1.29 is 9.59 Å². The van der Waals surface area contributed by atoms with Crippen LogP contribution in [0.25, 0.3) is 10.8 Å². The van der Waals surface area contributed by atoms with Crippen LogP contribution in [0, 0.1) is 0 Å². The number of aromatic nitrogens is 2. The normalized spacial score (nSPS) is 16.7. The number of rotatable bonds is 4. The number of benzene rings is 1. The minimum absolute atomic E-state index is 0.101. The van der Waals surface area contributed by atoms with Crippen LogP contribution < -0.4 is 16.4 Å². The summed E-state index contributed by atoms with van der Waals surface area (Å²) in [4.78, 5) is 41.8. The van der Waals surface area contributed by atoms with Gasteiger partial charge in [0.25, 0.3) is 17.4 Å². The van der Waals surface area contributed by atoms with Crippen molar-refractivity contribution >= 4 is 22.6 Å². The van der Waals surface area contributed by atoms with Crippen molar-refractivity contribution in [2.75, 3.05) is 33.2 Å². The van der Waals surface area contributed by atoms with Crippen LogP contribution >= 0.6 is 0 Å². The molecular formula is C19H26N6O3. The van der Waals surface area contributed by atoms with Gasteiger partial charge in [-0.05, 0) is 27.0 Å². The Labute approximate surface area is 163 Å². The summed E-state index contributed by atoms with van der Waals surface area (Å²) in [7, 11) is 2.05. The number of nitrogens with one attached hydrogen (secondary N) is 2. The molecule has 1 aliphatic heterocycles. The van der Waals surface area contributed by atoms with Gasteiger partial charge in [-0.1, -0.05) is 18.2 Å². The molecule has 28 heavy (non-hydrogen) atoms. The van der Waals surface area contributed by atoms with E-state index in [1.165, 1.54) is 4.68 Å². The first-order valence-corrected chi connectivity index (χ1v) is 9.45. The molecule has 9 heteroatoms. The van der Waals surface area contributed by atoms with Gasteiger partial charge in [-0.15, -0.1) is 0 Å². The van der Waals surface area contributed by atoms with E-state index in [9.17, 15) is 14.4 Å². The molecule has 0 bridgehead atoms. The van der Waals surface area contributed by atoms with E-state index in [2.05, 4.69) is 32.8 Å². The molecule has 1 unspecified atom stereocenters. The van der Waals surface area contributed by atoms with Crippen molar-refractivity contribution in [3.05, 3.63) is 40.3 Å². The second kappa shape index (κ2) is 8.49. The monoisotopic (exact) mass is 386 g/mol. The molecule has 1 aromatic carbocycles. The fourth-order valence-electron chi connectivity index (χ4n) is 3.27. The third kappa shape index (κ3) is 4.05. The van der Waals surface area contributed by atoms with Gasteiger partial charge in [0.1, 0.15) is 0 Å². The molecular weight excluding hydrogens is 360 g/mol. The van der Waals surface area contributed by atoms with Gasteiger partial charge >= 0.3 is 0 Å². The minimum atomic E-state index is -0.558. The number of aryl methyl sites for hydroxylation is 1. The summed E-state index contributed by atoms with van der Waals surface area (Å²) in [6.07, 6.45) is 0. The summed E-state index contributed by atoms with van der Waals surface area (Å²) < 4.78 is 1.24. The molecule has 1 aliphatic rings. The molecule has 3 rings (SSSR count). The topological polar surface area (TPSA) is 99.6 Å². The summed E-state index contributed by atoms with van der Waals surface area (Å²) >= 11 is 0. The largest absolute Gasteiger partial charge is 0.304 e. The summed E-state index contributed by atoms with van der Waals surface area (Å²) in [5.41, 5.74) is 4.78. The Balaban J connectivity index is 1.72. The number of fused-ring (bicyclic) bond motifs is 1. The number of hydrogen-bond acceptors (Lipinski definition) is 6. The van der Waals surface area contributed by atoms with Crippen LogP contribution in [0.15, 0.2) is 29.1 Å². The van der Waals surface area contributed by atoms with E-state index in [0.29, 0.717) is 17.3 Å². The highest BCUT2D eigenvalue weighted by Crippen LogP contribution is 2.13. The van der Waals surface area contributed by atoms with Gasteiger partial charge in [0.2, 0.25) is 0 Å². The number of likely N-dealkylation sites (N-methyl/N-ethyl adjacent to an activating group) is 1. The van der Waals surface area contributed by atoms with Crippen molar-refractivity contribution in [3.8, 4) is 0 Å². The Hall–Kier alpha value is -2.78. The molecule has 2 N–H and O–H groups in total. The summed E-state index contributed by atoms with van der Waals surface area (Å²) in [5.74, 6) is -0.844. The molecule has 9 nitrogen and oxygen atoms in total. The number of carbonyl (C=O) groups is 2. The molecule has 0 spiro atoms. The van der Waals surface area contributed by atoms with E-state index >= 15 is 0 Å². The molecule has 1 aromatic heterocycles. The molecule has 1 saturated heterocycles. The van der Waals surface area contributed by atoms with Gasteiger partial charge in [-0.2, -0.15) is 5.10 Å². The maximum absolute atomic E-state index is 12.7. The Morgan fingerprint density at radius 1 is 1.11 bits per heavy atom. The maximum Gasteiger partial charge on any atom is 0.290 e. The highest BCUT2D eigenvalue weighted by atomic mass is 16.2. The van der Waals surface area contributed by atoms with Gasteiger partial charge in [-0.3, -0.25) is 30.1 Å². The van der Waals surface area contributed by atoms with E-state index in [1.54, 1.807) is 31.2 Å². The number of hydrogen-bond donors (Lipinski definition) is 2. The third-order valence-corrected chi connectivity index (χ3v) is 5.15. The van der Waals surface area contributed by atoms with Crippen molar-refractivity contribution in [2.45, 2.75) is 26.4 Å². The van der Waals surface area contributed by atoms with Gasteiger partial charge in [0, 0.05) is 38.1 Å². The third-order valence-electron chi connectivity index (χ3n) is 5.15. The molecule has 1 atom stereocenters. The van der Waals surface area contributed by atoms with Crippen LogP contribution in [0.4, 0.5) is 0 Å². The van der Waals surface area contributed by atoms with Crippen molar-refractivity contribution in [1.29, 1.82) is 0 Å². The van der Waals surface area contributed by atoms with Crippen LogP contribution in [0.5, 0.6) is 0 Å². The van der Waals surface area contributed by atoms with Crippen LogP contribution in [-0.2, 0) is 11.3 Å². The lowest BCUT2D eigenvalue weighted by molar-refractivity contribution is -0.127. The van der Waals surface area contributed by atoms with E-state index in [-0.39, 0.29) is 23.2 Å². The minimum Gasteiger partial charge on any atom is -0.304 e. The van der Waals surface area contributed by atoms with Crippen LogP contribution in [0.1, 0.15) is 24.3 Å². The molecule has 0 saturated carbocycles. The fourth-order valence-corrected chi connectivity index (χ4v) is 3.27. The zero-order valence-corrected chi connectivity index (χ0v) is 16.4. The Morgan fingerprint density at radius 3 is 2.39 bits per heavy atom. The summed E-state index contributed by atoms with van der Waals surface area (Å²) in [5, 5.41) is 5.04. The average molecular weight is 386 g/mol. The second-order valence-electron chi connectivity index (χ2n) is 6.97. The quantitative estimate of drug-likeness (QED) is 0.707. The average Bonchev–Trinajstić information content (AvgIpc) is 2.72. The SMILES string of the molecule is CCn1nc(C(=O)NNC(=O)C(C)N2CCN(C)CC2)c2ccccc2c1=O. The summed E-state index contributed by atoms with van der Waals surface area (Å²) in [6.45, 7) is 7.34. The Bertz CT molecular complexity index is 933. The first-order valence-electron chi connectivity index (χ1n) is 9.45. The number of carbonyl (C=O) groups excluding carboxylic acids is 2.